The number of rotatable bonds is 8. The van der Waals surface area contributed by atoms with Crippen molar-refractivity contribution in [3.63, 3.8) is 0 Å². The molecule has 0 unspecified atom stereocenters. The Morgan fingerprint density at radius 2 is 1.71 bits per heavy atom. The first-order valence-corrected chi connectivity index (χ1v) is 9.32. The van der Waals surface area contributed by atoms with E-state index in [0.717, 1.165) is 30.7 Å². The number of amides is 2. The predicted octanol–water partition coefficient (Wildman–Crippen LogP) is 3.62. The van der Waals surface area contributed by atoms with E-state index in [-0.39, 0.29) is 11.8 Å². The number of aryl methyl sites for hydroxylation is 1. The third-order valence-corrected chi connectivity index (χ3v) is 4.68. The molecule has 0 saturated heterocycles. The van der Waals surface area contributed by atoms with E-state index in [1.54, 1.807) is 0 Å². The first-order chi connectivity index (χ1) is 11.6. The standard InChI is InChI=1S/C19H27ClN2O2/c20-16-11-9-15(10-12-16)5-4-8-18(23)21-14-13-19(24)22-17-6-2-1-3-7-17/h9-12,17H,1-8,13-14H2,(H,21,23)(H,22,24). The van der Waals surface area contributed by atoms with Crippen LogP contribution in [0.25, 0.3) is 0 Å². The minimum absolute atomic E-state index is 0.00873. The fourth-order valence-electron chi connectivity index (χ4n) is 3.05. The molecule has 4 nitrogen and oxygen atoms in total. The van der Waals surface area contributed by atoms with Crippen molar-refractivity contribution >= 4 is 23.4 Å². The molecule has 1 saturated carbocycles. The third kappa shape index (κ3) is 7.35. The maximum Gasteiger partial charge on any atom is 0.221 e. The van der Waals surface area contributed by atoms with Crippen LogP contribution in [0.3, 0.4) is 0 Å². The van der Waals surface area contributed by atoms with Crippen LogP contribution >= 0.6 is 11.6 Å². The van der Waals surface area contributed by atoms with E-state index < -0.39 is 0 Å². The average molecular weight is 351 g/mol. The summed E-state index contributed by atoms with van der Waals surface area (Å²) in [4.78, 5) is 23.6. The zero-order chi connectivity index (χ0) is 17.2. The molecule has 0 atom stereocenters. The van der Waals surface area contributed by atoms with Crippen LogP contribution < -0.4 is 10.6 Å². The molecule has 24 heavy (non-hydrogen) atoms. The number of halogens is 1. The maximum absolute atomic E-state index is 11.8. The third-order valence-electron chi connectivity index (χ3n) is 4.43. The molecule has 0 spiro atoms. The van der Waals surface area contributed by atoms with Crippen LogP contribution in [0.1, 0.15) is 56.9 Å². The molecule has 1 aromatic carbocycles. The van der Waals surface area contributed by atoms with Crippen molar-refractivity contribution in [3.8, 4) is 0 Å². The summed E-state index contributed by atoms with van der Waals surface area (Å²) < 4.78 is 0. The fraction of sp³-hybridized carbons (Fsp3) is 0.579. The van der Waals surface area contributed by atoms with E-state index in [0.29, 0.717) is 25.4 Å². The summed E-state index contributed by atoms with van der Waals surface area (Å²) in [5.41, 5.74) is 1.18. The second kappa shape index (κ2) is 10.3. The van der Waals surface area contributed by atoms with Crippen molar-refractivity contribution < 1.29 is 9.59 Å². The summed E-state index contributed by atoms with van der Waals surface area (Å²) in [6, 6.07) is 8.02. The van der Waals surface area contributed by atoms with Crippen molar-refractivity contribution in [2.24, 2.45) is 0 Å². The Kier molecular flexibility index (Phi) is 8.10. The van der Waals surface area contributed by atoms with Crippen molar-refractivity contribution in [1.29, 1.82) is 0 Å². The van der Waals surface area contributed by atoms with Crippen LogP contribution in [0, 0.1) is 0 Å². The number of carbonyl (C=O) groups excluding carboxylic acids is 2. The average Bonchev–Trinajstić information content (AvgIpc) is 2.57. The molecule has 0 heterocycles. The molecule has 0 aromatic heterocycles. The van der Waals surface area contributed by atoms with E-state index in [9.17, 15) is 9.59 Å². The summed E-state index contributed by atoms with van der Waals surface area (Å²) in [6.07, 6.45) is 8.34. The summed E-state index contributed by atoms with van der Waals surface area (Å²) in [7, 11) is 0. The lowest BCUT2D eigenvalue weighted by Crippen LogP contribution is -2.38. The molecule has 1 aromatic rings. The van der Waals surface area contributed by atoms with Crippen LogP contribution in [0.2, 0.25) is 5.02 Å². The molecular formula is C19H27ClN2O2. The van der Waals surface area contributed by atoms with E-state index in [4.69, 9.17) is 11.6 Å². The van der Waals surface area contributed by atoms with E-state index >= 15 is 0 Å². The molecule has 5 heteroatoms. The highest BCUT2D eigenvalue weighted by Crippen LogP contribution is 2.17. The Labute approximate surface area is 149 Å². The Hall–Kier alpha value is -1.55. The molecule has 2 rings (SSSR count). The molecule has 1 aliphatic rings. The Balaban J connectivity index is 1.52. The monoisotopic (exact) mass is 350 g/mol. The lowest BCUT2D eigenvalue weighted by Gasteiger charge is -2.22. The van der Waals surface area contributed by atoms with Gasteiger partial charge in [0.25, 0.3) is 0 Å². The van der Waals surface area contributed by atoms with Crippen molar-refractivity contribution in [2.45, 2.75) is 63.8 Å². The van der Waals surface area contributed by atoms with Crippen LogP contribution in [0.5, 0.6) is 0 Å². The summed E-state index contributed by atoms with van der Waals surface area (Å²) >= 11 is 5.84. The summed E-state index contributed by atoms with van der Waals surface area (Å²) in [5, 5.41) is 6.61. The van der Waals surface area contributed by atoms with Crippen LogP contribution in [0.15, 0.2) is 24.3 Å². The lowest BCUT2D eigenvalue weighted by atomic mass is 9.95. The fourth-order valence-corrected chi connectivity index (χ4v) is 3.18. The van der Waals surface area contributed by atoms with Gasteiger partial charge in [0, 0.05) is 30.5 Å². The van der Waals surface area contributed by atoms with Gasteiger partial charge in [-0.1, -0.05) is 43.0 Å². The molecule has 0 bridgehead atoms. The van der Waals surface area contributed by atoms with Crippen LogP contribution in [-0.4, -0.2) is 24.4 Å². The summed E-state index contributed by atoms with van der Waals surface area (Å²) in [5.74, 6) is 0.0535. The highest BCUT2D eigenvalue weighted by atomic mass is 35.5. The van der Waals surface area contributed by atoms with Gasteiger partial charge in [-0.05, 0) is 43.4 Å². The minimum atomic E-state index is 0.00873. The molecule has 0 aliphatic heterocycles. The van der Waals surface area contributed by atoms with Crippen molar-refractivity contribution in [2.75, 3.05) is 6.54 Å². The lowest BCUT2D eigenvalue weighted by molar-refractivity contribution is -0.122. The van der Waals surface area contributed by atoms with Crippen molar-refractivity contribution in [3.05, 3.63) is 34.9 Å². The molecule has 0 radical (unpaired) electrons. The Morgan fingerprint density at radius 3 is 2.42 bits per heavy atom. The molecular weight excluding hydrogens is 324 g/mol. The number of hydrogen-bond acceptors (Lipinski definition) is 2. The van der Waals surface area contributed by atoms with Gasteiger partial charge in [0.05, 0.1) is 0 Å². The minimum Gasteiger partial charge on any atom is -0.356 e. The second-order valence-electron chi connectivity index (χ2n) is 6.48. The highest BCUT2D eigenvalue weighted by molar-refractivity contribution is 6.30. The largest absolute Gasteiger partial charge is 0.356 e. The first kappa shape index (κ1) is 18.8. The van der Waals surface area contributed by atoms with Gasteiger partial charge in [-0.15, -0.1) is 0 Å². The normalized spacial score (nSPS) is 15.0. The molecule has 2 amide bonds. The van der Waals surface area contributed by atoms with Gasteiger partial charge in [0.1, 0.15) is 0 Å². The number of hydrogen-bond donors (Lipinski definition) is 2. The quantitative estimate of drug-likeness (QED) is 0.752. The van der Waals surface area contributed by atoms with E-state index in [1.165, 1.54) is 24.8 Å². The van der Waals surface area contributed by atoms with Gasteiger partial charge >= 0.3 is 0 Å². The van der Waals surface area contributed by atoms with Gasteiger partial charge in [0.15, 0.2) is 0 Å². The highest BCUT2D eigenvalue weighted by Gasteiger charge is 2.15. The molecule has 1 aliphatic carbocycles. The predicted molar refractivity (Wildman–Crippen MR) is 97.0 cm³/mol. The van der Waals surface area contributed by atoms with Crippen LogP contribution in [-0.2, 0) is 16.0 Å². The zero-order valence-electron chi connectivity index (χ0n) is 14.2. The topological polar surface area (TPSA) is 58.2 Å². The molecule has 132 valence electrons. The molecule has 2 N–H and O–H groups in total. The zero-order valence-corrected chi connectivity index (χ0v) is 14.9. The van der Waals surface area contributed by atoms with Gasteiger partial charge in [0.2, 0.25) is 11.8 Å². The van der Waals surface area contributed by atoms with Gasteiger partial charge in [-0.3, -0.25) is 9.59 Å². The summed E-state index contributed by atoms with van der Waals surface area (Å²) in [6.45, 7) is 0.415. The van der Waals surface area contributed by atoms with E-state index in [1.807, 2.05) is 24.3 Å². The van der Waals surface area contributed by atoms with Gasteiger partial charge < -0.3 is 10.6 Å². The smallest absolute Gasteiger partial charge is 0.221 e. The number of nitrogens with one attached hydrogen (secondary N) is 2. The number of benzene rings is 1. The SMILES string of the molecule is O=C(CCCc1ccc(Cl)cc1)NCCC(=O)NC1CCCCC1. The van der Waals surface area contributed by atoms with Crippen molar-refractivity contribution in [1.82, 2.24) is 10.6 Å². The Bertz CT molecular complexity index is 525. The maximum atomic E-state index is 11.8. The van der Waals surface area contributed by atoms with E-state index in [2.05, 4.69) is 10.6 Å². The second-order valence-corrected chi connectivity index (χ2v) is 6.92. The first-order valence-electron chi connectivity index (χ1n) is 8.94. The number of carbonyl (C=O) groups is 2. The Morgan fingerprint density at radius 1 is 1.00 bits per heavy atom. The van der Waals surface area contributed by atoms with Gasteiger partial charge in [-0.2, -0.15) is 0 Å². The van der Waals surface area contributed by atoms with Crippen LogP contribution in [0.4, 0.5) is 0 Å². The molecule has 1 fully saturated rings. The van der Waals surface area contributed by atoms with Gasteiger partial charge in [-0.25, -0.2) is 0 Å².